The molecule has 1 amide bonds. The van der Waals surface area contributed by atoms with Crippen LogP contribution < -0.4 is 11.1 Å². The van der Waals surface area contributed by atoms with E-state index in [-0.39, 0.29) is 23.0 Å². The van der Waals surface area contributed by atoms with Crippen molar-refractivity contribution in [1.82, 2.24) is 9.97 Å². The highest BCUT2D eigenvalue weighted by Gasteiger charge is 2.15. The van der Waals surface area contributed by atoms with Gasteiger partial charge in [-0.25, -0.2) is 9.97 Å². The van der Waals surface area contributed by atoms with Crippen molar-refractivity contribution in [1.29, 1.82) is 0 Å². The number of nitrogens with one attached hydrogen (secondary N) is 1. The molecule has 0 aliphatic rings. The predicted molar refractivity (Wildman–Crippen MR) is 83.6 cm³/mol. The van der Waals surface area contributed by atoms with E-state index in [0.29, 0.717) is 16.7 Å². The Kier molecular flexibility index (Phi) is 4.89. The van der Waals surface area contributed by atoms with Crippen LogP contribution in [0.25, 0.3) is 0 Å². The van der Waals surface area contributed by atoms with Crippen molar-refractivity contribution in [2.45, 2.75) is 12.1 Å². The van der Waals surface area contributed by atoms with Crippen molar-refractivity contribution in [2.24, 2.45) is 0 Å². The van der Waals surface area contributed by atoms with Gasteiger partial charge in [0.1, 0.15) is 11.5 Å². The number of anilines is 2. The Hall–Kier alpha value is -2.68. The number of nitro benzene ring substituents is 1. The maximum Gasteiger partial charge on any atom is 0.292 e. The second-order valence-corrected chi connectivity index (χ2v) is 5.27. The number of carbonyl (C=O) groups excluding carboxylic acids is 1. The Bertz CT molecular complexity index is 702. The Balaban J connectivity index is 2.00. The average molecular weight is 319 g/mol. The number of nitrogen functional groups attached to an aromatic ring is 1. The molecule has 0 aliphatic carbocycles. The van der Waals surface area contributed by atoms with Crippen molar-refractivity contribution in [3.05, 3.63) is 46.1 Å². The molecule has 2 rings (SSSR count). The van der Waals surface area contributed by atoms with Gasteiger partial charge in [-0.1, -0.05) is 23.9 Å². The number of hydrogen-bond acceptors (Lipinski definition) is 7. The number of para-hydroxylation sites is 2. The number of thioether (sulfide) groups is 1. The van der Waals surface area contributed by atoms with Gasteiger partial charge in [-0.15, -0.1) is 0 Å². The van der Waals surface area contributed by atoms with Gasteiger partial charge in [-0.05, 0) is 13.0 Å². The molecule has 0 aliphatic heterocycles. The number of aryl methyl sites for hydroxylation is 1. The highest BCUT2D eigenvalue weighted by molar-refractivity contribution is 7.99. The fourth-order valence-corrected chi connectivity index (χ4v) is 2.40. The first-order valence-corrected chi connectivity index (χ1v) is 7.21. The third-order valence-corrected chi connectivity index (χ3v) is 3.41. The summed E-state index contributed by atoms with van der Waals surface area (Å²) < 4.78 is 0. The van der Waals surface area contributed by atoms with Gasteiger partial charge in [0.15, 0.2) is 5.16 Å². The molecular formula is C13H13N5O3S. The zero-order valence-corrected chi connectivity index (χ0v) is 12.5. The summed E-state index contributed by atoms with van der Waals surface area (Å²) in [5.41, 5.74) is 6.31. The summed E-state index contributed by atoms with van der Waals surface area (Å²) in [6.45, 7) is 1.77. The topological polar surface area (TPSA) is 124 Å². The van der Waals surface area contributed by atoms with Crippen LogP contribution in [0.5, 0.6) is 0 Å². The fourth-order valence-electron chi connectivity index (χ4n) is 1.68. The van der Waals surface area contributed by atoms with Gasteiger partial charge in [-0.3, -0.25) is 14.9 Å². The molecular weight excluding hydrogens is 306 g/mol. The third-order valence-electron chi connectivity index (χ3n) is 2.56. The molecule has 1 heterocycles. The molecule has 8 nitrogen and oxygen atoms in total. The summed E-state index contributed by atoms with van der Waals surface area (Å²) in [4.78, 5) is 30.4. The van der Waals surface area contributed by atoms with E-state index in [4.69, 9.17) is 5.73 Å². The highest BCUT2D eigenvalue weighted by atomic mass is 32.2. The van der Waals surface area contributed by atoms with Gasteiger partial charge in [0.2, 0.25) is 5.91 Å². The maximum absolute atomic E-state index is 11.9. The number of amides is 1. The van der Waals surface area contributed by atoms with E-state index in [9.17, 15) is 14.9 Å². The number of nitrogens with zero attached hydrogens (tertiary/aromatic N) is 3. The number of benzene rings is 1. The molecule has 0 unspecified atom stereocenters. The van der Waals surface area contributed by atoms with Crippen molar-refractivity contribution in [3.8, 4) is 0 Å². The molecule has 0 spiro atoms. The number of carbonyl (C=O) groups is 1. The van der Waals surface area contributed by atoms with E-state index in [1.807, 2.05) is 0 Å². The average Bonchev–Trinajstić information content (AvgIpc) is 2.44. The van der Waals surface area contributed by atoms with Crippen LogP contribution in [0.4, 0.5) is 17.2 Å². The highest BCUT2D eigenvalue weighted by Crippen LogP contribution is 2.23. The van der Waals surface area contributed by atoms with Crippen LogP contribution in [0.1, 0.15) is 5.69 Å². The summed E-state index contributed by atoms with van der Waals surface area (Å²) in [5, 5.41) is 13.8. The number of rotatable bonds is 5. The Morgan fingerprint density at radius 2 is 2.14 bits per heavy atom. The lowest BCUT2D eigenvalue weighted by molar-refractivity contribution is -0.383. The van der Waals surface area contributed by atoms with Crippen LogP contribution in [0.15, 0.2) is 35.5 Å². The smallest absolute Gasteiger partial charge is 0.292 e. The quantitative estimate of drug-likeness (QED) is 0.374. The zero-order chi connectivity index (χ0) is 16.1. The van der Waals surface area contributed by atoms with Gasteiger partial charge in [0.05, 0.1) is 10.7 Å². The Morgan fingerprint density at radius 1 is 1.41 bits per heavy atom. The van der Waals surface area contributed by atoms with Crippen LogP contribution in [0, 0.1) is 17.0 Å². The van der Waals surface area contributed by atoms with Crippen molar-refractivity contribution >= 4 is 34.9 Å². The molecule has 0 bridgehead atoms. The number of hydrogen-bond donors (Lipinski definition) is 2. The van der Waals surface area contributed by atoms with Crippen LogP contribution in [-0.4, -0.2) is 26.6 Å². The van der Waals surface area contributed by atoms with E-state index in [1.165, 1.54) is 18.2 Å². The first-order valence-electron chi connectivity index (χ1n) is 6.23. The molecule has 3 N–H and O–H groups in total. The summed E-state index contributed by atoms with van der Waals surface area (Å²) in [7, 11) is 0. The summed E-state index contributed by atoms with van der Waals surface area (Å²) in [6, 6.07) is 7.57. The standard InChI is InChI=1S/C13H13N5O3S/c1-8-6-11(14)17-13(15-8)22-7-12(19)16-9-4-2-3-5-10(9)18(20)21/h2-6H,7H2,1H3,(H,16,19)(H2,14,15,17). The Morgan fingerprint density at radius 3 is 2.82 bits per heavy atom. The molecule has 1 aromatic carbocycles. The summed E-state index contributed by atoms with van der Waals surface area (Å²) >= 11 is 1.11. The molecule has 22 heavy (non-hydrogen) atoms. The lowest BCUT2D eigenvalue weighted by Crippen LogP contribution is -2.15. The van der Waals surface area contributed by atoms with Gasteiger partial charge in [0, 0.05) is 17.8 Å². The van der Waals surface area contributed by atoms with E-state index < -0.39 is 4.92 Å². The zero-order valence-electron chi connectivity index (χ0n) is 11.6. The van der Waals surface area contributed by atoms with Gasteiger partial charge < -0.3 is 11.1 Å². The first kappa shape index (κ1) is 15.7. The van der Waals surface area contributed by atoms with Gasteiger partial charge in [0.25, 0.3) is 5.69 Å². The summed E-state index contributed by atoms with van der Waals surface area (Å²) in [5.74, 6) is -0.0355. The van der Waals surface area contributed by atoms with E-state index >= 15 is 0 Å². The normalized spacial score (nSPS) is 10.2. The van der Waals surface area contributed by atoms with E-state index in [1.54, 1.807) is 19.1 Å². The molecule has 9 heteroatoms. The van der Waals surface area contributed by atoms with E-state index in [2.05, 4.69) is 15.3 Å². The van der Waals surface area contributed by atoms with Crippen LogP contribution in [-0.2, 0) is 4.79 Å². The summed E-state index contributed by atoms with van der Waals surface area (Å²) in [6.07, 6.45) is 0. The van der Waals surface area contributed by atoms with Gasteiger partial charge in [-0.2, -0.15) is 0 Å². The minimum Gasteiger partial charge on any atom is -0.384 e. The van der Waals surface area contributed by atoms with Crippen molar-refractivity contribution < 1.29 is 9.72 Å². The fraction of sp³-hybridized carbons (Fsp3) is 0.154. The molecule has 0 radical (unpaired) electrons. The largest absolute Gasteiger partial charge is 0.384 e. The second kappa shape index (κ2) is 6.85. The van der Waals surface area contributed by atoms with Gasteiger partial charge >= 0.3 is 0 Å². The molecule has 0 saturated carbocycles. The third kappa shape index (κ3) is 4.16. The lowest BCUT2D eigenvalue weighted by Gasteiger charge is -2.06. The molecule has 0 saturated heterocycles. The Labute approximate surface area is 130 Å². The number of nitro groups is 1. The number of aromatic nitrogens is 2. The molecule has 1 aromatic heterocycles. The van der Waals surface area contributed by atoms with E-state index in [0.717, 1.165) is 11.8 Å². The van der Waals surface area contributed by atoms with Crippen LogP contribution >= 0.6 is 11.8 Å². The minimum absolute atomic E-state index is 0.0228. The van der Waals surface area contributed by atoms with Crippen LogP contribution in [0.2, 0.25) is 0 Å². The molecule has 114 valence electrons. The first-order chi connectivity index (χ1) is 10.5. The molecule has 0 atom stereocenters. The molecule has 0 fully saturated rings. The SMILES string of the molecule is Cc1cc(N)nc(SCC(=O)Nc2ccccc2[N+](=O)[O-])n1. The molecule has 2 aromatic rings. The van der Waals surface area contributed by atoms with Crippen molar-refractivity contribution in [2.75, 3.05) is 16.8 Å². The predicted octanol–water partition coefficient (Wildman–Crippen LogP) is 2.01. The monoisotopic (exact) mass is 319 g/mol. The lowest BCUT2D eigenvalue weighted by atomic mass is 10.2. The second-order valence-electron chi connectivity index (χ2n) is 4.33. The van der Waals surface area contributed by atoms with Crippen LogP contribution in [0.3, 0.4) is 0 Å². The number of nitrogens with two attached hydrogens (primary N) is 1. The maximum atomic E-state index is 11.9. The van der Waals surface area contributed by atoms with Crippen molar-refractivity contribution in [3.63, 3.8) is 0 Å². The minimum atomic E-state index is -0.548.